The summed E-state index contributed by atoms with van der Waals surface area (Å²) in [7, 11) is 1.08. The van der Waals surface area contributed by atoms with Crippen LogP contribution < -0.4 is 5.32 Å². The SMILES string of the molecule is CCn1cc(CNC(=O)c2nn(C)c(C(F)(F)F)c2Cl)c(C)n1. The summed E-state index contributed by atoms with van der Waals surface area (Å²) in [6.45, 7) is 4.50. The quantitative estimate of drug-likeness (QED) is 0.922. The first-order chi connectivity index (χ1) is 10.6. The minimum Gasteiger partial charge on any atom is -0.346 e. The van der Waals surface area contributed by atoms with Gasteiger partial charge in [0.1, 0.15) is 5.02 Å². The molecule has 0 aromatic carbocycles. The molecule has 0 fully saturated rings. The van der Waals surface area contributed by atoms with E-state index in [1.54, 1.807) is 17.8 Å². The number of hydrogen-bond donors (Lipinski definition) is 1. The molecule has 2 aromatic rings. The molecule has 0 aliphatic carbocycles. The van der Waals surface area contributed by atoms with Crippen molar-refractivity contribution in [2.75, 3.05) is 0 Å². The standard InChI is InChI=1S/C13H15ClF3N5O/c1-4-22-6-8(7(2)19-22)5-18-12(23)10-9(14)11(13(15,16)17)21(3)20-10/h6H,4-5H2,1-3H3,(H,18,23). The van der Waals surface area contributed by atoms with E-state index in [0.29, 0.717) is 11.2 Å². The van der Waals surface area contributed by atoms with E-state index in [0.717, 1.165) is 18.3 Å². The van der Waals surface area contributed by atoms with Crippen molar-refractivity contribution in [3.8, 4) is 0 Å². The number of rotatable bonds is 4. The van der Waals surface area contributed by atoms with E-state index in [1.807, 2.05) is 6.92 Å². The first kappa shape index (κ1) is 17.3. The van der Waals surface area contributed by atoms with Gasteiger partial charge in [0.05, 0.1) is 5.69 Å². The first-order valence-corrected chi connectivity index (χ1v) is 7.13. The Balaban J connectivity index is 2.17. The molecule has 0 atom stereocenters. The molecule has 2 rings (SSSR count). The van der Waals surface area contributed by atoms with Crippen LogP contribution in [0.4, 0.5) is 13.2 Å². The number of halogens is 4. The Kier molecular flexibility index (Phi) is 4.69. The average Bonchev–Trinajstić information content (AvgIpc) is 2.95. The van der Waals surface area contributed by atoms with Crippen LogP contribution in [0.2, 0.25) is 5.02 Å². The molecule has 0 radical (unpaired) electrons. The Bertz CT molecular complexity index is 735. The molecule has 1 N–H and O–H groups in total. The van der Waals surface area contributed by atoms with Gasteiger partial charge in [0.15, 0.2) is 11.4 Å². The maximum absolute atomic E-state index is 12.8. The summed E-state index contributed by atoms with van der Waals surface area (Å²) in [6.07, 6.45) is -2.92. The Morgan fingerprint density at radius 1 is 1.39 bits per heavy atom. The van der Waals surface area contributed by atoms with Crippen molar-refractivity contribution < 1.29 is 18.0 Å². The van der Waals surface area contributed by atoms with Gasteiger partial charge in [0, 0.05) is 31.9 Å². The second-order valence-corrected chi connectivity index (χ2v) is 5.29. The van der Waals surface area contributed by atoms with Gasteiger partial charge >= 0.3 is 6.18 Å². The largest absolute Gasteiger partial charge is 0.434 e. The van der Waals surface area contributed by atoms with Crippen molar-refractivity contribution >= 4 is 17.5 Å². The van der Waals surface area contributed by atoms with Gasteiger partial charge in [-0.3, -0.25) is 14.2 Å². The summed E-state index contributed by atoms with van der Waals surface area (Å²) in [6, 6.07) is 0. The highest BCUT2D eigenvalue weighted by Gasteiger charge is 2.39. The van der Waals surface area contributed by atoms with Crippen molar-refractivity contribution in [3.63, 3.8) is 0 Å². The summed E-state index contributed by atoms with van der Waals surface area (Å²) in [5.41, 5.74) is -0.111. The number of aryl methyl sites for hydroxylation is 3. The lowest BCUT2D eigenvalue weighted by Crippen LogP contribution is -2.24. The molecule has 126 valence electrons. The van der Waals surface area contributed by atoms with Crippen LogP contribution in [0.5, 0.6) is 0 Å². The lowest BCUT2D eigenvalue weighted by molar-refractivity contribution is -0.143. The fourth-order valence-electron chi connectivity index (χ4n) is 2.10. The third-order valence-corrected chi connectivity index (χ3v) is 3.64. The van der Waals surface area contributed by atoms with E-state index in [1.165, 1.54) is 0 Å². The van der Waals surface area contributed by atoms with E-state index >= 15 is 0 Å². The minimum absolute atomic E-state index is 0.124. The third-order valence-electron chi connectivity index (χ3n) is 3.28. The summed E-state index contributed by atoms with van der Waals surface area (Å²) < 4.78 is 40.8. The van der Waals surface area contributed by atoms with Crippen molar-refractivity contribution in [2.24, 2.45) is 7.05 Å². The van der Waals surface area contributed by atoms with Crippen LogP contribution in [-0.2, 0) is 26.3 Å². The minimum atomic E-state index is -4.68. The van der Waals surface area contributed by atoms with Crippen LogP contribution in [0, 0.1) is 6.92 Å². The van der Waals surface area contributed by atoms with Crippen LogP contribution >= 0.6 is 11.6 Å². The molecular weight excluding hydrogens is 335 g/mol. The van der Waals surface area contributed by atoms with Gasteiger partial charge < -0.3 is 5.32 Å². The summed E-state index contributed by atoms with van der Waals surface area (Å²) in [4.78, 5) is 12.1. The van der Waals surface area contributed by atoms with Crippen molar-refractivity contribution in [1.29, 1.82) is 0 Å². The van der Waals surface area contributed by atoms with Gasteiger partial charge in [-0.25, -0.2) is 0 Å². The number of amides is 1. The number of aromatic nitrogens is 4. The summed E-state index contributed by atoms with van der Waals surface area (Å²) in [5, 5.41) is 9.58. The first-order valence-electron chi connectivity index (χ1n) is 6.76. The highest BCUT2D eigenvalue weighted by molar-refractivity contribution is 6.34. The molecule has 1 amide bonds. The topological polar surface area (TPSA) is 64.7 Å². The van der Waals surface area contributed by atoms with E-state index in [9.17, 15) is 18.0 Å². The van der Waals surface area contributed by atoms with Crippen LogP contribution in [0.1, 0.15) is 34.4 Å². The molecular formula is C13H15ClF3N5O. The number of nitrogens with one attached hydrogen (secondary N) is 1. The third kappa shape index (κ3) is 3.49. The molecule has 0 bridgehead atoms. The predicted octanol–water partition coefficient (Wildman–Crippen LogP) is 2.55. The Morgan fingerprint density at radius 2 is 2.04 bits per heavy atom. The van der Waals surface area contributed by atoms with Gasteiger partial charge in [-0.05, 0) is 13.8 Å². The normalized spacial score (nSPS) is 11.8. The zero-order chi connectivity index (χ0) is 17.4. The van der Waals surface area contributed by atoms with Crippen molar-refractivity contribution in [1.82, 2.24) is 24.9 Å². The van der Waals surface area contributed by atoms with Crippen LogP contribution in [0.25, 0.3) is 0 Å². The molecule has 0 aliphatic rings. The van der Waals surface area contributed by atoms with E-state index in [-0.39, 0.29) is 6.54 Å². The molecule has 10 heteroatoms. The molecule has 0 unspecified atom stereocenters. The smallest absolute Gasteiger partial charge is 0.346 e. The molecule has 2 aromatic heterocycles. The maximum atomic E-state index is 12.8. The van der Waals surface area contributed by atoms with Crippen LogP contribution in [-0.4, -0.2) is 25.5 Å². The zero-order valence-electron chi connectivity index (χ0n) is 12.7. The van der Waals surface area contributed by atoms with Crippen LogP contribution in [0.15, 0.2) is 6.20 Å². The van der Waals surface area contributed by atoms with E-state index in [4.69, 9.17) is 11.6 Å². The number of nitrogens with zero attached hydrogens (tertiary/aromatic N) is 4. The number of carbonyl (C=O) groups is 1. The van der Waals surface area contributed by atoms with Crippen LogP contribution in [0.3, 0.4) is 0 Å². The number of alkyl halides is 3. The zero-order valence-corrected chi connectivity index (χ0v) is 13.5. The fraction of sp³-hybridized carbons (Fsp3) is 0.462. The monoisotopic (exact) mass is 349 g/mol. The van der Waals surface area contributed by atoms with Gasteiger partial charge in [0.2, 0.25) is 0 Å². The van der Waals surface area contributed by atoms with Crippen molar-refractivity contribution in [2.45, 2.75) is 33.1 Å². The Hall–Kier alpha value is -2.03. The second kappa shape index (κ2) is 6.23. The fourth-order valence-corrected chi connectivity index (χ4v) is 2.46. The lowest BCUT2D eigenvalue weighted by atomic mass is 10.2. The van der Waals surface area contributed by atoms with Gasteiger partial charge in [-0.1, -0.05) is 11.6 Å². The number of hydrogen-bond acceptors (Lipinski definition) is 3. The molecule has 0 saturated heterocycles. The van der Waals surface area contributed by atoms with Gasteiger partial charge in [-0.2, -0.15) is 23.4 Å². The molecule has 6 nitrogen and oxygen atoms in total. The highest BCUT2D eigenvalue weighted by Crippen LogP contribution is 2.35. The summed E-state index contributed by atoms with van der Waals surface area (Å²) >= 11 is 5.67. The van der Waals surface area contributed by atoms with E-state index in [2.05, 4.69) is 15.5 Å². The van der Waals surface area contributed by atoms with Gasteiger partial charge in [0.25, 0.3) is 5.91 Å². The summed E-state index contributed by atoms with van der Waals surface area (Å²) in [5.74, 6) is -0.773. The second-order valence-electron chi connectivity index (χ2n) is 4.91. The Labute approximate surface area is 135 Å². The average molecular weight is 350 g/mol. The molecule has 2 heterocycles. The van der Waals surface area contributed by atoms with E-state index < -0.39 is 28.5 Å². The van der Waals surface area contributed by atoms with Gasteiger partial charge in [-0.15, -0.1) is 0 Å². The predicted molar refractivity (Wildman–Crippen MR) is 77.0 cm³/mol. The Morgan fingerprint density at radius 3 is 2.52 bits per heavy atom. The molecule has 0 spiro atoms. The van der Waals surface area contributed by atoms with Crippen molar-refractivity contribution in [3.05, 3.63) is 33.9 Å². The number of carbonyl (C=O) groups excluding carboxylic acids is 1. The molecule has 0 saturated carbocycles. The molecule has 0 aliphatic heterocycles. The molecule has 23 heavy (non-hydrogen) atoms. The maximum Gasteiger partial charge on any atom is 0.434 e. The highest BCUT2D eigenvalue weighted by atomic mass is 35.5. The lowest BCUT2D eigenvalue weighted by Gasteiger charge is -2.06.